The number of benzene rings is 1. The number of ether oxygens (including phenoxy) is 2. The Kier molecular flexibility index (Phi) is 3.84. The molecule has 0 saturated carbocycles. The number of nitrogens with zero attached hydrogens (tertiary/aromatic N) is 3. The molecule has 2 aliphatic heterocycles. The van der Waals surface area contributed by atoms with E-state index in [1.807, 2.05) is 35.2 Å². The molecule has 7 heteroatoms. The van der Waals surface area contributed by atoms with Gasteiger partial charge in [0, 0.05) is 31.5 Å². The summed E-state index contributed by atoms with van der Waals surface area (Å²) < 4.78 is 15.4. The predicted octanol–water partition coefficient (Wildman–Crippen LogP) is 2.18. The molecule has 2 saturated heterocycles. The number of amides is 1. The van der Waals surface area contributed by atoms with Gasteiger partial charge in [-0.25, -0.2) is 0 Å². The Morgan fingerprint density at radius 3 is 2.52 bits per heavy atom. The Labute approximate surface area is 138 Å². The molecule has 3 heterocycles. The third kappa shape index (κ3) is 2.75. The lowest BCUT2D eigenvalue weighted by molar-refractivity contribution is -0.181. The van der Waals surface area contributed by atoms with Gasteiger partial charge >= 0.3 is 0 Å². The quantitative estimate of drug-likeness (QED) is 0.844. The van der Waals surface area contributed by atoms with Gasteiger partial charge in [-0.05, 0) is 11.5 Å². The zero-order chi connectivity index (χ0) is 15.7. The van der Waals surface area contributed by atoms with Crippen LogP contribution in [0.3, 0.4) is 0 Å². The average molecular weight is 331 g/mol. The van der Waals surface area contributed by atoms with Crippen molar-refractivity contribution in [2.75, 3.05) is 26.3 Å². The molecule has 2 aromatic rings. The fourth-order valence-electron chi connectivity index (χ4n) is 3.10. The van der Waals surface area contributed by atoms with Crippen molar-refractivity contribution in [1.29, 1.82) is 0 Å². The molecule has 0 unspecified atom stereocenters. The number of rotatable bonds is 2. The predicted molar refractivity (Wildman–Crippen MR) is 85.1 cm³/mol. The van der Waals surface area contributed by atoms with Crippen molar-refractivity contribution in [2.24, 2.45) is 0 Å². The number of carbonyl (C=O) groups excluding carboxylic acids is 1. The molecule has 0 aliphatic carbocycles. The van der Waals surface area contributed by atoms with Gasteiger partial charge in [0.15, 0.2) is 5.79 Å². The fraction of sp³-hybridized carbons (Fsp3) is 0.438. The van der Waals surface area contributed by atoms with Crippen LogP contribution in [-0.4, -0.2) is 52.5 Å². The monoisotopic (exact) mass is 331 g/mol. The molecule has 120 valence electrons. The van der Waals surface area contributed by atoms with Crippen LogP contribution in [0.25, 0.3) is 11.3 Å². The lowest BCUT2D eigenvalue weighted by Gasteiger charge is -2.37. The van der Waals surface area contributed by atoms with Crippen molar-refractivity contribution in [3.8, 4) is 11.3 Å². The minimum atomic E-state index is -0.467. The molecule has 1 amide bonds. The van der Waals surface area contributed by atoms with Crippen molar-refractivity contribution in [3.05, 3.63) is 35.2 Å². The van der Waals surface area contributed by atoms with E-state index in [1.165, 1.54) is 0 Å². The van der Waals surface area contributed by atoms with Crippen LogP contribution < -0.4 is 0 Å². The summed E-state index contributed by atoms with van der Waals surface area (Å²) in [6, 6.07) is 9.69. The highest BCUT2D eigenvalue weighted by atomic mass is 32.1. The molecular weight excluding hydrogens is 314 g/mol. The number of hydrogen-bond donors (Lipinski definition) is 0. The topological polar surface area (TPSA) is 64.6 Å². The number of aromatic nitrogens is 2. The Morgan fingerprint density at radius 1 is 1.13 bits per heavy atom. The summed E-state index contributed by atoms with van der Waals surface area (Å²) in [6.07, 6.45) is 1.43. The SMILES string of the molecule is O=C(c1snnc1-c1ccccc1)N1CCC2(CC1)OCCO2. The molecule has 1 spiro atoms. The highest BCUT2D eigenvalue weighted by Crippen LogP contribution is 2.33. The second-order valence-electron chi connectivity index (χ2n) is 5.72. The maximum atomic E-state index is 12.8. The Morgan fingerprint density at radius 2 is 1.83 bits per heavy atom. The maximum Gasteiger partial charge on any atom is 0.267 e. The first-order valence-electron chi connectivity index (χ1n) is 7.72. The van der Waals surface area contributed by atoms with Gasteiger partial charge in [0.05, 0.1) is 13.2 Å². The van der Waals surface area contributed by atoms with Crippen LogP contribution in [-0.2, 0) is 9.47 Å². The molecule has 4 rings (SSSR count). The first-order chi connectivity index (χ1) is 11.3. The van der Waals surface area contributed by atoms with Gasteiger partial charge in [0.1, 0.15) is 10.6 Å². The van der Waals surface area contributed by atoms with E-state index >= 15 is 0 Å². The summed E-state index contributed by atoms with van der Waals surface area (Å²) in [5.74, 6) is -0.475. The number of piperidine rings is 1. The number of carbonyl (C=O) groups is 1. The van der Waals surface area contributed by atoms with E-state index in [2.05, 4.69) is 9.59 Å². The molecule has 23 heavy (non-hydrogen) atoms. The minimum absolute atomic E-state index is 0.00769. The molecule has 1 aromatic carbocycles. The van der Waals surface area contributed by atoms with Crippen LogP contribution in [0.4, 0.5) is 0 Å². The van der Waals surface area contributed by atoms with Gasteiger partial charge in [-0.1, -0.05) is 34.8 Å². The van der Waals surface area contributed by atoms with Crippen molar-refractivity contribution >= 4 is 17.4 Å². The molecule has 1 aromatic heterocycles. The van der Waals surface area contributed by atoms with Crippen molar-refractivity contribution in [3.63, 3.8) is 0 Å². The molecule has 2 fully saturated rings. The second-order valence-corrected chi connectivity index (χ2v) is 6.47. The van der Waals surface area contributed by atoms with Crippen molar-refractivity contribution in [2.45, 2.75) is 18.6 Å². The first-order valence-corrected chi connectivity index (χ1v) is 8.50. The summed E-state index contributed by atoms with van der Waals surface area (Å²) in [6.45, 7) is 2.55. The summed E-state index contributed by atoms with van der Waals surface area (Å²) >= 11 is 1.16. The van der Waals surface area contributed by atoms with Gasteiger partial charge in [-0.3, -0.25) is 4.79 Å². The number of hydrogen-bond acceptors (Lipinski definition) is 6. The largest absolute Gasteiger partial charge is 0.347 e. The zero-order valence-corrected chi connectivity index (χ0v) is 13.4. The summed E-state index contributed by atoms with van der Waals surface area (Å²) in [5, 5.41) is 4.14. The Hall–Kier alpha value is -1.83. The van der Waals surface area contributed by atoms with Crippen LogP contribution >= 0.6 is 11.5 Å². The van der Waals surface area contributed by atoms with E-state index in [4.69, 9.17) is 9.47 Å². The molecule has 2 aliphatic rings. The van der Waals surface area contributed by atoms with E-state index in [0.717, 1.165) is 17.1 Å². The molecule has 6 nitrogen and oxygen atoms in total. The summed E-state index contributed by atoms with van der Waals surface area (Å²) in [5.41, 5.74) is 1.58. The van der Waals surface area contributed by atoms with E-state index in [-0.39, 0.29) is 5.91 Å². The van der Waals surface area contributed by atoms with Crippen LogP contribution in [0, 0.1) is 0 Å². The van der Waals surface area contributed by atoms with E-state index in [1.54, 1.807) is 0 Å². The smallest absolute Gasteiger partial charge is 0.267 e. The van der Waals surface area contributed by atoms with Crippen molar-refractivity contribution in [1.82, 2.24) is 14.5 Å². The van der Waals surface area contributed by atoms with E-state index < -0.39 is 5.79 Å². The average Bonchev–Trinajstić information content (AvgIpc) is 3.26. The van der Waals surface area contributed by atoms with Crippen LogP contribution in [0.5, 0.6) is 0 Å². The standard InChI is InChI=1S/C16H17N3O3S/c20-15(19-8-6-16(7-9-19)21-10-11-22-16)14-13(17-18-23-14)12-4-2-1-3-5-12/h1-5H,6-11H2. The van der Waals surface area contributed by atoms with Gasteiger partial charge in [-0.15, -0.1) is 5.10 Å². The third-order valence-corrected chi connectivity index (χ3v) is 5.07. The summed E-state index contributed by atoms with van der Waals surface area (Å²) in [4.78, 5) is 15.3. The van der Waals surface area contributed by atoms with Gasteiger partial charge in [0.2, 0.25) is 0 Å². The first kappa shape index (κ1) is 14.7. The molecule has 0 N–H and O–H groups in total. The normalized spacial score (nSPS) is 20.1. The maximum absolute atomic E-state index is 12.8. The highest BCUT2D eigenvalue weighted by Gasteiger charge is 2.41. The van der Waals surface area contributed by atoms with Gasteiger partial charge in [-0.2, -0.15) is 0 Å². The van der Waals surface area contributed by atoms with Crippen LogP contribution in [0.2, 0.25) is 0 Å². The van der Waals surface area contributed by atoms with Gasteiger partial charge < -0.3 is 14.4 Å². The Balaban J connectivity index is 1.51. The molecular formula is C16H17N3O3S. The zero-order valence-electron chi connectivity index (χ0n) is 12.6. The lowest BCUT2D eigenvalue weighted by Crippen LogP contribution is -2.47. The fourth-order valence-corrected chi connectivity index (χ4v) is 3.75. The number of likely N-dealkylation sites (tertiary alicyclic amines) is 1. The second kappa shape index (κ2) is 5.99. The van der Waals surface area contributed by atoms with Crippen LogP contribution in [0.15, 0.2) is 30.3 Å². The molecule has 0 radical (unpaired) electrons. The van der Waals surface area contributed by atoms with Gasteiger partial charge in [0.25, 0.3) is 5.91 Å². The Bertz CT molecular complexity index is 688. The van der Waals surface area contributed by atoms with E-state index in [0.29, 0.717) is 49.7 Å². The molecule has 0 bridgehead atoms. The summed E-state index contributed by atoms with van der Waals surface area (Å²) in [7, 11) is 0. The molecule has 0 atom stereocenters. The minimum Gasteiger partial charge on any atom is -0.347 e. The highest BCUT2D eigenvalue weighted by molar-refractivity contribution is 7.08. The van der Waals surface area contributed by atoms with E-state index in [9.17, 15) is 4.79 Å². The lowest BCUT2D eigenvalue weighted by atomic mass is 10.0. The van der Waals surface area contributed by atoms with Crippen molar-refractivity contribution < 1.29 is 14.3 Å². The van der Waals surface area contributed by atoms with Crippen LogP contribution in [0.1, 0.15) is 22.5 Å². The third-order valence-electron chi connectivity index (χ3n) is 4.36.